The molecule has 0 bridgehead atoms. The number of fused-ring (bicyclic) bond motifs is 1. The fourth-order valence-electron chi connectivity index (χ4n) is 5.17. The highest BCUT2D eigenvalue weighted by Gasteiger charge is 2.24. The van der Waals surface area contributed by atoms with Crippen LogP contribution in [-0.4, -0.2) is 63.1 Å². The van der Waals surface area contributed by atoms with Gasteiger partial charge in [-0.2, -0.15) is 0 Å². The van der Waals surface area contributed by atoms with Crippen LogP contribution in [0.25, 0.3) is 16.9 Å². The fraction of sp³-hybridized carbons (Fsp3) is 0.323. The second-order valence-corrected chi connectivity index (χ2v) is 10.0. The van der Waals surface area contributed by atoms with Gasteiger partial charge in [-0.1, -0.05) is 11.8 Å². The first kappa shape index (κ1) is 28.1. The summed E-state index contributed by atoms with van der Waals surface area (Å²) < 4.78 is 21.9. The molecule has 2 aromatic carbocycles. The number of benzene rings is 2. The van der Waals surface area contributed by atoms with Gasteiger partial charge in [0.25, 0.3) is 5.91 Å². The molecule has 1 saturated heterocycles. The summed E-state index contributed by atoms with van der Waals surface area (Å²) in [6.07, 6.45) is 8.07. The molecule has 10 heteroatoms. The number of rotatable bonds is 8. The van der Waals surface area contributed by atoms with E-state index in [-0.39, 0.29) is 24.9 Å². The van der Waals surface area contributed by atoms with Gasteiger partial charge in [-0.15, -0.1) is 0 Å². The maximum absolute atomic E-state index is 14.7. The summed E-state index contributed by atoms with van der Waals surface area (Å²) in [5, 5.41) is 12.0. The van der Waals surface area contributed by atoms with E-state index in [0.29, 0.717) is 40.7 Å². The molecule has 0 aliphatic carbocycles. The van der Waals surface area contributed by atoms with Crippen LogP contribution in [0.15, 0.2) is 55.0 Å². The minimum absolute atomic E-state index is 0.0182. The number of aliphatic hydroxyl groups is 1. The standard InChI is InChI=1S/C31H33FN6O3/c1-21-18-24(5-6-25(21)31(40)37-13-9-22(8-11-33)10-14-37)36-29-30-35-20-27(38(30)15-12-34-29)23-4-7-28(26(32)19-23)41-17-3-2-16-39/h4-7,12,15,18-20,22,39H,8-11,13-14,16-17,33H2,1H3,(H,34,36). The van der Waals surface area contributed by atoms with Crippen molar-refractivity contribution in [1.29, 1.82) is 0 Å². The highest BCUT2D eigenvalue weighted by Crippen LogP contribution is 2.29. The summed E-state index contributed by atoms with van der Waals surface area (Å²) in [5.74, 6) is 5.79. The first-order valence-corrected chi connectivity index (χ1v) is 13.7. The van der Waals surface area contributed by atoms with Crippen molar-refractivity contribution in [1.82, 2.24) is 19.3 Å². The first-order valence-electron chi connectivity index (χ1n) is 13.7. The summed E-state index contributed by atoms with van der Waals surface area (Å²) in [7, 11) is 0. The Balaban J connectivity index is 1.31. The SMILES string of the molecule is Cc1cc(Nc2nccn3c(-c4ccc(OCC#CCO)c(F)c4)cnc23)ccc1C(=O)N1CCC(CCN)CC1. The Hall–Kier alpha value is -4.46. The van der Waals surface area contributed by atoms with Crippen molar-refractivity contribution in [2.45, 2.75) is 26.2 Å². The van der Waals surface area contributed by atoms with Gasteiger partial charge in [0.1, 0.15) is 13.2 Å². The number of carbonyl (C=O) groups excluding carboxylic acids is 1. The quantitative estimate of drug-likeness (QED) is 0.279. The van der Waals surface area contributed by atoms with Gasteiger partial charge in [-0.05, 0) is 80.6 Å². The van der Waals surface area contributed by atoms with Crippen LogP contribution in [0.4, 0.5) is 15.9 Å². The van der Waals surface area contributed by atoms with Crippen molar-refractivity contribution in [3.63, 3.8) is 0 Å². The molecule has 0 radical (unpaired) electrons. The van der Waals surface area contributed by atoms with E-state index in [1.165, 1.54) is 6.07 Å². The number of halogens is 1. The van der Waals surface area contributed by atoms with Gasteiger partial charge in [-0.3, -0.25) is 9.20 Å². The Morgan fingerprint density at radius 3 is 2.76 bits per heavy atom. The molecule has 212 valence electrons. The molecule has 4 aromatic rings. The maximum atomic E-state index is 14.7. The summed E-state index contributed by atoms with van der Waals surface area (Å²) in [6, 6.07) is 10.3. The predicted molar refractivity (Wildman–Crippen MR) is 155 cm³/mol. The summed E-state index contributed by atoms with van der Waals surface area (Å²) in [6.45, 7) is 3.86. The molecule has 41 heavy (non-hydrogen) atoms. The number of imidazole rings is 1. The highest BCUT2D eigenvalue weighted by atomic mass is 19.1. The molecular formula is C31H33FN6O3. The zero-order valence-corrected chi connectivity index (χ0v) is 22.9. The Kier molecular flexibility index (Phi) is 8.77. The molecule has 4 N–H and O–H groups in total. The smallest absolute Gasteiger partial charge is 0.254 e. The van der Waals surface area contributed by atoms with E-state index in [2.05, 4.69) is 27.1 Å². The number of piperidine rings is 1. The molecule has 1 fully saturated rings. The van der Waals surface area contributed by atoms with Crippen molar-refractivity contribution in [2.24, 2.45) is 11.7 Å². The number of amides is 1. The van der Waals surface area contributed by atoms with Crippen molar-refractivity contribution in [3.8, 4) is 28.8 Å². The maximum Gasteiger partial charge on any atom is 0.254 e. The molecule has 5 rings (SSSR count). The Labute approximate surface area is 238 Å². The van der Waals surface area contributed by atoms with E-state index in [9.17, 15) is 9.18 Å². The predicted octanol–water partition coefficient (Wildman–Crippen LogP) is 4.16. The van der Waals surface area contributed by atoms with E-state index in [1.807, 2.05) is 34.4 Å². The van der Waals surface area contributed by atoms with E-state index in [0.717, 1.165) is 43.6 Å². The van der Waals surface area contributed by atoms with Crippen molar-refractivity contribution in [2.75, 3.05) is 38.2 Å². The van der Waals surface area contributed by atoms with Crippen LogP contribution in [0.2, 0.25) is 0 Å². The average Bonchev–Trinajstić information content (AvgIpc) is 3.42. The van der Waals surface area contributed by atoms with Gasteiger partial charge >= 0.3 is 0 Å². The Bertz CT molecular complexity index is 1600. The lowest BCUT2D eigenvalue weighted by Gasteiger charge is -2.32. The molecule has 3 heterocycles. The third-order valence-electron chi connectivity index (χ3n) is 7.36. The van der Waals surface area contributed by atoms with Gasteiger partial charge in [-0.25, -0.2) is 14.4 Å². The molecule has 0 saturated carbocycles. The summed E-state index contributed by atoms with van der Waals surface area (Å²) >= 11 is 0. The molecule has 0 spiro atoms. The van der Waals surface area contributed by atoms with E-state index >= 15 is 0 Å². The van der Waals surface area contributed by atoms with Crippen molar-refractivity contribution in [3.05, 3.63) is 71.9 Å². The normalized spacial score (nSPS) is 13.6. The molecule has 2 aromatic heterocycles. The molecule has 0 unspecified atom stereocenters. The average molecular weight is 557 g/mol. The summed E-state index contributed by atoms with van der Waals surface area (Å²) in [4.78, 5) is 24.1. The van der Waals surface area contributed by atoms with E-state index < -0.39 is 5.82 Å². The molecule has 1 aliphatic rings. The fourth-order valence-corrected chi connectivity index (χ4v) is 5.17. The number of likely N-dealkylation sites (tertiary alicyclic amines) is 1. The number of nitrogens with zero attached hydrogens (tertiary/aromatic N) is 4. The lowest BCUT2D eigenvalue weighted by molar-refractivity contribution is 0.0687. The lowest BCUT2D eigenvalue weighted by atomic mass is 9.93. The Morgan fingerprint density at radius 2 is 2.02 bits per heavy atom. The van der Waals surface area contributed by atoms with Gasteiger partial charge in [0.2, 0.25) is 0 Å². The number of aliphatic hydroxyl groups excluding tert-OH is 1. The largest absolute Gasteiger partial charge is 0.478 e. The van der Waals surface area contributed by atoms with Crippen LogP contribution >= 0.6 is 0 Å². The number of nitrogens with two attached hydrogens (primary N) is 1. The third kappa shape index (κ3) is 6.32. The van der Waals surface area contributed by atoms with Gasteiger partial charge in [0.05, 0.1) is 11.9 Å². The van der Waals surface area contributed by atoms with Gasteiger partial charge in [0, 0.05) is 42.3 Å². The van der Waals surface area contributed by atoms with E-state index in [1.54, 1.807) is 30.7 Å². The Morgan fingerprint density at radius 1 is 1.20 bits per heavy atom. The molecule has 9 nitrogen and oxygen atoms in total. The number of ether oxygens (including phenoxy) is 1. The molecule has 0 atom stereocenters. The number of anilines is 2. The summed E-state index contributed by atoms with van der Waals surface area (Å²) in [5.41, 5.74) is 9.92. The lowest BCUT2D eigenvalue weighted by Crippen LogP contribution is -2.39. The van der Waals surface area contributed by atoms with Crippen LogP contribution < -0.4 is 15.8 Å². The number of aryl methyl sites for hydroxylation is 1. The second kappa shape index (κ2) is 12.8. The topological polar surface area (TPSA) is 118 Å². The van der Waals surface area contributed by atoms with Crippen LogP contribution in [0, 0.1) is 30.5 Å². The minimum atomic E-state index is -0.527. The number of aromatic nitrogens is 3. The van der Waals surface area contributed by atoms with E-state index in [4.69, 9.17) is 15.6 Å². The highest BCUT2D eigenvalue weighted by molar-refractivity contribution is 5.96. The zero-order valence-electron chi connectivity index (χ0n) is 22.9. The van der Waals surface area contributed by atoms with Crippen LogP contribution in [0.1, 0.15) is 35.2 Å². The first-order chi connectivity index (χ1) is 20.0. The van der Waals surface area contributed by atoms with Gasteiger partial charge in [0.15, 0.2) is 23.0 Å². The number of hydrogen-bond acceptors (Lipinski definition) is 7. The molecule has 1 amide bonds. The third-order valence-corrected chi connectivity index (χ3v) is 7.36. The monoisotopic (exact) mass is 556 g/mol. The second-order valence-electron chi connectivity index (χ2n) is 10.0. The minimum Gasteiger partial charge on any atom is -0.478 e. The number of hydrogen-bond donors (Lipinski definition) is 3. The molecule has 1 aliphatic heterocycles. The van der Waals surface area contributed by atoms with Crippen molar-refractivity contribution >= 4 is 23.1 Å². The zero-order chi connectivity index (χ0) is 28.8. The van der Waals surface area contributed by atoms with Crippen molar-refractivity contribution < 1.29 is 19.0 Å². The van der Waals surface area contributed by atoms with Crippen LogP contribution in [0.3, 0.4) is 0 Å². The van der Waals surface area contributed by atoms with Gasteiger partial charge < -0.3 is 25.8 Å². The molecular weight excluding hydrogens is 523 g/mol. The number of carbonyl (C=O) groups is 1. The van der Waals surface area contributed by atoms with Crippen LogP contribution in [0.5, 0.6) is 5.75 Å². The number of nitrogens with one attached hydrogen (secondary N) is 1. The van der Waals surface area contributed by atoms with Crippen LogP contribution in [-0.2, 0) is 0 Å².